The molecule has 2 N–H and O–H groups in total. The highest BCUT2D eigenvalue weighted by molar-refractivity contribution is 6.30. The zero-order valence-electron chi connectivity index (χ0n) is 17.0. The number of rotatable bonds is 3. The van der Waals surface area contributed by atoms with Crippen molar-refractivity contribution in [3.8, 4) is 0 Å². The van der Waals surface area contributed by atoms with Crippen LogP contribution in [0.5, 0.6) is 0 Å². The van der Waals surface area contributed by atoms with Gasteiger partial charge in [0.2, 0.25) is 0 Å². The van der Waals surface area contributed by atoms with Crippen LogP contribution in [-0.2, 0) is 13.0 Å². The van der Waals surface area contributed by atoms with Gasteiger partial charge in [0, 0.05) is 24.5 Å². The molecule has 2 heterocycles. The number of carbonyl (C=O) groups is 1. The van der Waals surface area contributed by atoms with Crippen LogP contribution in [0.3, 0.4) is 0 Å². The summed E-state index contributed by atoms with van der Waals surface area (Å²) in [5.74, 6) is 0.996. The number of amidine groups is 1. The maximum Gasteiger partial charge on any atom is 0.255 e. The van der Waals surface area contributed by atoms with Gasteiger partial charge in [0.05, 0.1) is 17.8 Å². The Morgan fingerprint density at radius 3 is 2.66 bits per heavy atom. The molecule has 0 radical (unpaired) electrons. The van der Waals surface area contributed by atoms with Gasteiger partial charge in [0.15, 0.2) is 0 Å². The SMILES string of the molecule is CN(C)C(=O)c1cccc2c1NC(=NCc1cccc(Cl)c1)C1(CCNCC1)C2. The normalized spacial score (nSPS) is 18.9. The van der Waals surface area contributed by atoms with Crippen LogP contribution in [0.2, 0.25) is 5.02 Å². The topological polar surface area (TPSA) is 56.7 Å². The summed E-state index contributed by atoms with van der Waals surface area (Å²) in [6.45, 7) is 2.52. The van der Waals surface area contributed by atoms with Crippen molar-refractivity contribution in [3.05, 3.63) is 64.2 Å². The number of para-hydroxylation sites is 1. The number of amides is 1. The van der Waals surface area contributed by atoms with Gasteiger partial charge < -0.3 is 15.5 Å². The molecule has 2 aliphatic heterocycles. The van der Waals surface area contributed by atoms with Crippen molar-refractivity contribution in [3.63, 3.8) is 0 Å². The van der Waals surface area contributed by atoms with E-state index in [1.54, 1.807) is 19.0 Å². The zero-order chi connectivity index (χ0) is 20.4. The third-order valence-electron chi connectivity index (χ3n) is 5.93. The fraction of sp³-hybridized carbons (Fsp3) is 0.391. The van der Waals surface area contributed by atoms with Gasteiger partial charge in [-0.05, 0) is 61.7 Å². The van der Waals surface area contributed by atoms with Crippen molar-refractivity contribution in [1.29, 1.82) is 0 Å². The second kappa shape index (κ2) is 8.17. The molecule has 0 atom stereocenters. The minimum absolute atomic E-state index is 0.00445. The number of aliphatic imine (C=N–C) groups is 1. The average molecular weight is 411 g/mol. The Hall–Kier alpha value is -2.37. The second-order valence-electron chi connectivity index (χ2n) is 8.17. The molecule has 1 fully saturated rings. The molecular formula is C23H27ClN4O. The van der Waals surface area contributed by atoms with Gasteiger partial charge in [-0.2, -0.15) is 0 Å². The van der Waals surface area contributed by atoms with Crippen LogP contribution >= 0.6 is 11.6 Å². The lowest BCUT2D eigenvalue weighted by Gasteiger charge is -2.43. The summed E-state index contributed by atoms with van der Waals surface area (Å²) in [4.78, 5) is 19.4. The van der Waals surface area contributed by atoms with Gasteiger partial charge in [0.25, 0.3) is 5.91 Å². The molecule has 1 amide bonds. The van der Waals surface area contributed by atoms with E-state index in [-0.39, 0.29) is 11.3 Å². The quantitative estimate of drug-likeness (QED) is 0.804. The summed E-state index contributed by atoms with van der Waals surface area (Å²) in [6.07, 6.45) is 2.96. The Morgan fingerprint density at radius 2 is 1.93 bits per heavy atom. The molecule has 2 aromatic rings. The van der Waals surface area contributed by atoms with Crippen molar-refractivity contribution < 1.29 is 4.79 Å². The van der Waals surface area contributed by atoms with E-state index in [0.717, 1.165) is 54.5 Å². The van der Waals surface area contributed by atoms with E-state index in [0.29, 0.717) is 12.1 Å². The molecular weight excluding hydrogens is 384 g/mol. The summed E-state index contributed by atoms with van der Waals surface area (Å²) in [7, 11) is 3.57. The summed E-state index contributed by atoms with van der Waals surface area (Å²) in [6, 6.07) is 13.8. The van der Waals surface area contributed by atoms with Gasteiger partial charge in [-0.15, -0.1) is 0 Å². The Bertz CT molecular complexity index is 948. The molecule has 0 aliphatic carbocycles. The molecule has 1 spiro atoms. The number of piperidine rings is 1. The monoisotopic (exact) mass is 410 g/mol. The number of nitrogens with one attached hydrogen (secondary N) is 2. The number of anilines is 1. The maximum absolute atomic E-state index is 12.7. The second-order valence-corrected chi connectivity index (χ2v) is 8.60. The largest absolute Gasteiger partial charge is 0.345 e. The number of carbonyl (C=O) groups excluding carboxylic acids is 1. The Morgan fingerprint density at radius 1 is 1.17 bits per heavy atom. The fourth-order valence-electron chi connectivity index (χ4n) is 4.35. The molecule has 0 unspecified atom stereocenters. The number of benzene rings is 2. The summed E-state index contributed by atoms with van der Waals surface area (Å²) in [5.41, 5.74) is 3.86. The minimum Gasteiger partial charge on any atom is -0.345 e. The number of halogens is 1. The lowest BCUT2D eigenvalue weighted by Crippen LogP contribution is -2.49. The van der Waals surface area contributed by atoms with Crippen LogP contribution in [0, 0.1) is 5.41 Å². The lowest BCUT2D eigenvalue weighted by molar-refractivity contribution is 0.0828. The molecule has 6 heteroatoms. The molecule has 1 saturated heterocycles. The Kier molecular flexibility index (Phi) is 5.61. The summed E-state index contributed by atoms with van der Waals surface area (Å²) in [5, 5.41) is 7.78. The van der Waals surface area contributed by atoms with Gasteiger partial charge in [-0.3, -0.25) is 9.79 Å². The van der Waals surface area contributed by atoms with Gasteiger partial charge in [-0.25, -0.2) is 0 Å². The summed E-state index contributed by atoms with van der Waals surface area (Å²) >= 11 is 6.15. The Labute approximate surface area is 177 Å². The molecule has 5 nitrogen and oxygen atoms in total. The smallest absolute Gasteiger partial charge is 0.255 e. The van der Waals surface area contributed by atoms with Crippen molar-refractivity contribution in [2.45, 2.75) is 25.8 Å². The third kappa shape index (κ3) is 4.02. The zero-order valence-corrected chi connectivity index (χ0v) is 17.7. The fourth-order valence-corrected chi connectivity index (χ4v) is 4.56. The van der Waals surface area contributed by atoms with Gasteiger partial charge in [0.1, 0.15) is 5.84 Å². The Balaban J connectivity index is 1.73. The van der Waals surface area contributed by atoms with Crippen LogP contribution < -0.4 is 10.6 Å². The molecule has 2 aromatic carbocycles. The molecule has 0 bridgehead atoms. The first-order chi connectivity index (χ1) is 14.0. The highest BCUT2D eigenvalue weighted by atomic mass is 35.5. The van der Waals surface area contributed by atoms with E-state index in [4.69, 9.17) is 16.6 Å². The molecule has 2 aliphatic rings. The van der Waals surface area contributed by atoms with Crippen LogP contribution in [0.25, 0.3) is 0 Å². The lowest BCUT2D eigenvalue weighted by atomic mass is 9.70. The first kappa shape index (κ1) is 19.9. The standard InChI is InChI=1S/C23H27ClN4O/c1-28(2)21(29)19-8-4-6-17-14-23(9-11-25-12-10-23)22(27-20(17)19)26-15-16-5-3-7-18(24)13-16/h3-8,13,25H,9-12,14-15H2,1-2H3,(H,26,27). The first-order valence-electron chi connectivity index (χ1n) is 10.1. The first-order valence-corrected chi connectivity index (χ1v) is 10.5. The van der Waals surface area contributed by atoms with Crippen molar-refractivity contribution >= 4 is 29.0 Å². The number of hydrogen-bond donors (Lipinski definition) is 2. The predicted molar refractivity (Wildman–Crippen MR) is 119 cm³/mol. The number of hydrogen-bond acceptors (Lipinski definition) is 3. The van der Waals surface area contributed by atoms with Crippen molar-refractivity contribution in [1.82, 2.24) is 10.2 Å². The molecule has 29 heavy (non-hydrogen) atoms. The van der Waals surface area contributed by atoms with E-state index in [2.05, 4.69) is 16.7 Å². The maximum atomic E-state index is 12.7. The molecule has 0 aromatic heterocycles. The number of fused-ring (bicyclic) bond motifs is 1. The van der Waals surface area contributed by atoms with E-state index in [9.17, 15) is 4.79 Å². The van der Waals surface area contributed by atoms with Crippen LogP contribution in [0.4, 0.5) is 5.69 Å². The van der Waals surface area contributed by atoms with Crippen LogP contribution in [0.1, 0.15) is 34.3 Å². The highest BCUT2D eigenvalue weighted by Gasteiger charge is 2.42. The van der Waals surface area contributed by atoms with E-state index >= 15 is 0 Å². The van der Waals surface area contributed by atoms with Gasteiger partial charge in [-0.1, -0.05) is 35.9 Å². The van der Waals surface area contributed by atoms with E-state index in [1.165, 1.54) is 5.56 Å². The molecule has 152 valence electrons. The predicted octanol–water partition coefficient (Wildman–Crippen LogP) is 3.98. The van der Waals surface area contributed by atoms with Crippen LogP contribution in [0.15, 0.2) is 47.5 Å². The van der Waals surface area contributed by atoms with Crippen molar-refractivity contribution in [2.24, 2.45) is 10.4 Å². The molecule has 4 rings (SSSR count). The van der Waals surface area contributed by atoms with Gasteiger partial charge >= 0.3 is 0 Å². The van der Waals surface area contributed by atoms with Crippen molar-refractivity contribution in [2.75, 3.05) is 32.5 Å². The average Bonchev–Trinajstić information content (AvgIpc) is 2.72. The highest BCUT2D eigenvalue weighted by Crippen LogP contribution is 2.42. The van der Waals surface area contributed by atoms with E-state index in [1.807, 2.05) is 36.4 Å². The minimum atomic E-state index is -0.0172. The molecule has 0 saturated carbocycles. The van der Waals surface area contributed by atoms with Crippen LogP contribution in [-0.4, -0.2) is 43.8 Å². The number of nitrogens with zero attached hydrogens (tertiary/aromatic N) is 2. The summed E-state index contributed by atoms with van der Waals surface area (Å²) < 4.78 is 0. The third-order valence-corrected chi connectivity index (χ3v) is 6.17. The van der Waals surface area contributed by atoms with E-state index < -0.39 is 0 Å².